The van der Waals surface area contributed by atoms with Crippen LogP contribution in [-0.4, -0.2) is 52.9 Å². The number of carbonyl (C=O) groups excluding carboxylic acids is 2. The van der Waals surface area contributed by atoms with Crippen LogP contribution in [-0.2, 0) is 24.3 Å². The van der Waals surface area contributed by atoms with Gasteiger partial charge in [-0.15, -0.1) is 11.3 Å². The van der Waals surface area contributed by atoms with Crippen molar-refractivity contribution in [3.63, 3.8) is 0 Å². The molecule has 0 unspecified atom stereocenters. The largest absolute Gasteiger partial charge is 0.361 e. The monoisotopic (exact) mass is 402 g/mol. The van der Waals surface area contributed by atoms with Crippen molar-refractivity contribution < 1.29 is 14.1 Å². The molecule has 0 radical (unpaired) electrons. The second-order valence-electron chi connectivity index (χ2n) is 7.59. The number of thiophene rings is 1. The second-order valence-corrected chi connectivity index (χ2v) is 8.55. The molecule has 2 amide bonds. The molecule has 0 aromatic carbocycles. The average molecular weight is 403 g/mol. The smallest absolute Gasteiger partial charge is 0.255 e. The van der Waals surface area contributed by atoms with Gasteiger partial charge >= 0.3 is 0 Å². The highest BCUT2D eigenvalue weighted by Crippen LogP contribution is 2.32. The summed E-state index contributed by atoms with van der Waals surface area (Å²) in [5, 5.41) is 8.71. The molecule has 8 heteroatoms. The van der Waals surface area contributed by atoms with Crippen LogP contribution in [0.2, 0.25) is 0 Å². The van der Waals surface area contributed by atoms with E-state index in [1.807, 2.05) is 19.2 Å². The molecule has 2 aliphatic heterocycles. The minimum atomic E-state index is -0.340. The summed E-state index contributed by atoms with van der Waals surface area (Å²) in [6, 6.07) is -0.340. The van der Waals surface area contributed by atoms with Crippen LogP contribution in [0.1, 0.15) is 50.7 Å². The Morgan fingerprint density at radius 2 is 2.18 bits per heavy atom. The molecule has 4 heterocycles. The Kier molecular flexibility index (Phi) is 5.25. The molecule has 0 saturated carbocycles. The number of aromatic nitrogens is 1. The molecule has 0 aliphatic carbocycles. The van der Waals surface area contributed by atoms with Gasteiger partial charge in [-0.3, -0.25) is 14.5 Å². The summed E-state index contributed by atoms with van der Waals surface area (Å²) in [5.74, 6) is 0.808. The molecule has 0 bridgehead atoms. The van der Waals surface area contributed by atoms with Crippen LogP contribution >= 0.6 is 11.3 Å². The fraction of sp³-hybridized carbons (Fsp3) is 0.550. The van der Waals surface area contributed by atoms with E-state index in [0.29, 0.717) is 6.54 Å². The number of amides is 2. The molecule has 0 spiro atoms. The quantitative estimate of drug-likeness (QED) is 0.849. The summed E-state index contributed by atoms with van der Waals surface area (Å²) < 4.78 is 5.28. The third-order valence-electron chi connectivity index (χ3n) is 5.88. The van der Waals surface area contributed by atoms with Gasteiger partial charge in [0.25, 0.3) is 5.91 Å². The topological polar surface area (TPSA) is 78.7 Å². The third-order valence-corrected chi connectivity index (χ3v) is 6.90. The van der Waals surface area contributed by atoms with E-state index in [2.05, 4.69) is 15.4 Å². The van der Waals surface area contributed by atoms with Gasteiger partial charge in [0.15, 0.2) is 0 Å². The molecule has 4 rings (SSSR count). The Labute approximate surface area is 168 Å². The van der Waals surface area contributed by atoms with Crippen LogP contribution in [0.5, 0.6) is 0 Å². The molecule has 1 N–H and O–H groups in total. The van der Waals surface area contributed by atoms with E-state index in [1.165, 1.54) is 4.88 Å². The first-order valence-electron chi connectivity index (χ1n) is 9.75. The number of likely N-dealkylation sites (N-methyl/N-ethyl adjacent to an activating group) is 1. The van der Waals surface area contributed by atoms with Crippen molar-refractivity contribution in [1.82, 2.24) is 20.3 Å². The molecule has 150 valence electrons. The Hall–Kier alpha value is -2.19. The highest BCUT2D eigenvalue weighted by molar-refractivity contribution is 7.10. The number of aryl methyl sites for hydroxylation is 2. The maximum Gasteiger partial charge on any atom is 0.255 e. The van der Waals surface area contributed by atoms with Gasteiger partial charge < -0.3 is 14.7 Å². The minimum Gasteiger partial charge on any atom is -0.361 e. The molecular formula is C20H26N4O3S. The summed E-state index contributed by atoms with van der Waals surface area (Å²) in [4.78, 5) is 30.6. The van der Waals surface area contributed by atoms with Gasteiger partial charge in [0.05, 0.1) is 11.3 Å². The van der Waals surface area contributed by atoms with Crippen molar-refractivity contribution in [2.24, 2.45) is 0 Å². The lowest BCUT2D eigenvalue weighted by Gasteiger charge is -2.28. The Balaban J connectivity index is 1.49. The van der Waals surface area contributed by atoms with Gasteiger partial charge in [0.1, 0.15) is 11.8 Å². The van der Waals surface area contributed by atoms with Crippen molar-refractivity contribution in [3.8, 4) is 0 Å². The van der Waals surface area contributed by atoms with Crippen molar-refractivity contribution in [2.45, 2.75) is 52.2 Å². The number of fused-ring (bicyclic) bond motifs is 1. The Bertz CT molecular complexity index is 884. The molecule has 7 nitrogen and oxygen atoms in total. The van der Waals surface area contributed by atoms with E-state index in [-0.39, 0.29) is 17.9 Å². The van der Waals surface area contributed by atoms with Gasteiger partial charge in [0, 0.05) is 49.0 Å². The lowest BCUT2D eigenvalue weighted by atomic mass is 10.0. The van der Waals surface area contributed by atoms with Crippen LogP contribution in [0.3, 0.4) is 0 Å². The lowest BCUT2D eigenvalue weighted by Crippen LogP contribution is -2.45. The highest BCUT2D eigenvalue weighted by atomic mass is 32.1. The van der Waals surface area contributed by atoms with E-state index in [9.17, 15) is 9.59 Å². The normalized spacial score (nSPS) is 19.7. The number of hydrogen-bond donors (Lipinski definition) is 1. The SMILES string of the molecule is CNC(=O)[C@@H]1CCCN1C(=O)c1csc2c1CCN(Cc1c(C)noc1C)C2. The van der Waals surface area contributed by atoms with Crippen molar-refractivity contribution >= 4 is 23.2 Å². The summed E-state index contributed by atoms with van der Waals surface area (Å²) in [5.41, 5.74) is 4.04. The zero-order valence-corrected chi connectivity index (χ0v) is 17.4. The van der Waals surface area contributed by atoms with Gasteiger partial charge in [-0.2, -0.15) is 0 Å². The van der Waals surface area contributed by atoms with Crippen molar-refractivity contribution in [1.29, 1.82) is 0 Å². The van der Waals surface area contributed by atoms with Crippen LogP contribution < -0.4 is 5.32 Å². The summed E-state index contributed by atoms with van der Waals surface area (Å²) in [6.07, 6.45) is 2.46. The number of likely N-dealkylation sites (tertiary alicyclic amines) is 1. The number of nitrogens with zero attached hydrogens (tertiary/aromatic N) is 3. The standard InChI is InChI=1S/C20H26N4O3S/c1-12-15(13(2)27-22-12)9-23-8-6-14-16(11-28-18(14)10-23)20(26)24-7-4-5-17(24)19(25)21-3/h11,17H,4-10H2,1-3H3,(H,21,25)/t17-/m0/s1. The summed E-state index contributed by atoms with van der Waals surface area (Å²) >= 11 is 1.65. The molecule has 1 saturated heterocycles. The van der Waals surface area contributed by atoms with Gasteiger partial charge in [0.2, 0.25) is 5.91 Å². The predicted molar refractivity (Wildman–Crippen MR) is 106 cm³/mol. The van der Waals surface area contributed by atoms with Gasteiger partial charge in [-0.05, 0) is 38.7 Å². The van der Waals surface area contributed by atoms with E-state index in [1.54, 1.807) is 23.3 Å². The van der Waals surface area contributed by atoms with Crippen LogP contribution in [0.15, 0.2) is 9.90 Å². The molecule has 2 aromatic heterocycles. The highest BCUT2D eigenvalue weighted by Gasteiger charge is 2.36. The maximum absolute atomic E-state index is 13.2. The molecule has 2 aromatic rings. The first-order valence-corrected chi connectivity index (χ1v) is 10.6. The van der Waals surface area contributed by atoms with Gasteiger partial charge in [-0.1, -0.05) is 5.16 Å². The zero-order valence-electron chi connectivity index (χ0n) is 16.6. The van der Waals surface area contributed by atoms with E-state index in [4.69, 9.17) is 4.52 Å². The van der Waals surface area contributed by atoms with Crippen LogP contribution in [0, 0.1) is 13.8 Å². The Morgan fingerprint density at radius 3 is 2.89 bits per heavy atom. The molecule has 1 atom stereocenters. The first kappa shape index (κ1) is 19.1. The average Bonchev–Trinajstić information content (AvgIpc) is 3.41. The molecule has 2 aliphatic rings. The maximum atomic E-state index is 13.2. The van der Waals surface area contributed by atoms with Crippen LogP contribution in [0.25, 0.3) is 0 Å². The molecule has 28 heavy (non-hydrogen) atoms. The fourth-order valence-corrected chi connectivity index (χ4v) is 5.37. The molecular weight excluding hydrogens is 376 g/mol. The third kappa shape index (κ3) is 3.35. The molecule has 1 fully saturated rings. The van der Waals surface area contributed by atoms with Crippen LogP contribution in [0.4, 0.5) is 0 Å². The number of rotatable bonds is 4. The number of carbonyl (C=O) groups is 2. The first-order chi connectivity index (χ1) is 13.5. The van der Waals surface area contributed by atoms with Gasteiger partial charge in [-0.25, -0.2) is 0 Å². The Morgan fingerprint density at radius 1 is 1.36 bits per heavy atom. The second kappa shape index (κ2) is 7.67. The minimum absolute atomic E-state index is 0.00257. The number of nitrogens with one attached hydrogen (secondary N) is 1. The fourth-order valence-electron chi connectivity index (χ4n) is 4.25. The van der Waals surface area contributed by atoms with Crippen molar-refractivity contribution in [2.75, 3.05) is 20.1 Å². The summed E-state index contributed by atoms with van der Waals surface area (Å²) in [6.45, 7) is 7.11. The van der Waals surface area contributed by atoms with E-state index in [0.717, 1.165) is 67.0 Å². The number of hydrogen-bond acceptors (Lipinski definition) is 6. The summed E-state index contributed by atoms with van der Waals surface area (Å²) in [7, 11) is 1.63. The van der Waals surface area contributed by atoms with Crippen molar-refractivity contribution in [3.05, 3.63) is 38.4 Å². The predicted octanol–water partition coefficient (Wildman–Crippen LogP) is 2.26. The van der Waals surface area contributed by atoms with E-state index >= 15 is 0 Å². The zero-order chi connectivity index (χ0) is 19.8. The van der Waals surface area contributed by atoms with E-state index < -0.39 is 0 Å². The lowest BCUT2D eigenvalue weighted by molar-refractivity contribution is -0.124.